The van der Waals surface area contributed by atoms with Gasteiger partial charge in [0, 0.05) is 30.6 Å². The minimum atomic E-state index is -3.44. The van der Waals surface area contributed by atoms with Crippen molar-refractivity contribution in [2.45, 2.75) is 19.3 Å². The molecule has 1 N–H and O–H groups in total. The molecule has 0 aliphatic carbocycles. The molecule has 1 amide bonds. The SMILES string of the molecule is CNC(=O)c1c(-c2ccc(F)cc2)oc2cc3c(cc12)CCCCN3S(C)(=O)=O. The van der Waals surface area contributed by atoms with Gasteiger partial charge in [-0.25, -0.2) is 12.8 Å². The fourth-order valence-corrected chi connectivity index (χ4v) is 4.79. The number of benzene rings is 2. The Morgan fingerprint density at radius 1 is 1.17 bits per heavy atom. The zero-order valence-electron chi connectivity index (χ0n) is 16.2. The molecule has 0 bridgehead atoms. The molecule has 0 saturated heterocycles. The highest BCUT2D eigenvalue weighted by molar-refractivity contribution is 7.92. The number of nitrogens with one attached hydrogen (secondary N) is 1. The molecule has 8 heteroatoms. The van der Waals surface area contributed by atoms with E-state index < -0.39 is 10.0 Å². The molecule has 3 aromatic rings. The van der Waals surface area contributed by atoms with Crippen LogP contribution >= 0.6 is 0 Å². The van der Waals surface area contributed by atoms with Gasteiger partial charge in [0.1, 0.15) is 17.2 Å². The first kappa shape index (κ1) is 19.4. The number of hydrogen-bond donors (Lipinski definition) is 1. The summed E-state index contributed by atoms with van der Waals surface area (Å²) >= 11 is 0. The Balaban J connectivity index is 1.99. The molecule has 0 unspecified atom stereocenters. The van der Waals surface area contributed by atoms with Crippen LogP contribution in [-0.4, -0.2) is 34.2 Å². The van der Waals surface area contributed by atoms with Gasteiger partial charge in [0.2, 0.25) is 10.0 Å². The molecule has 0 atom stereocenters. The van der Waals surface area contributed by atoms with Crippen LogP contribution in [-0.2, 0) is 16.4 Å². The standard InChI is InChI=1S/C21H21FN2O4S/c1-23-21(25)19-16-11-14-5-3-4-10-24(29(2,26)27)17(14)12-18(16)28-20(19)13-6-8-15(22)9-7-13/h6-9,11-12H,3-5,10H2,1-2H3,(H,23,25). The first-order valence-electron chi connectivity index (χ1n) is 9.34. The summed E-state index contributed by atoms with van der Waals surface area (Å²) in [5, 5.41) is 3.24. The predicted molar refractivity (Wildman–Crippen MR) is 110 cm³/mol. The van der Waals surface area contributed by atoms with E-state index in [1.165, 1.54) is 29.7 Å². The molecule has 1 aromatic heterocycles. The van der Waals surface area contributed by atoms with Crippen molar-refractivity contribution >= 4 is 32.6 Å². The van der Waals surface area contributed by atoms with Crippen molar-refractivity contribution in [3.63, 3.8) is 0 Å². The molecule has 2 heterocycles. The van der Waals surface area contributed by atoms with Gasteiger partial charge in [-0.05, 0) is 55.2 Å². The lowest BCUT2D eigenvalue weighted by Crippen LogP contribution is -2.30. The van der Waals surface area contributed by atoms with Gasteiger partial charge in [0.15, 0.2) is 0 Å². The third kappa shape index (κ3) is 3.48. The van der Waals surface area contributed by atoms with E-state index >= 15 is 0 Å². The summed E-state index contributed by atoms with van der Waals surface area (Å²) in [5.41, 5.74) is 2.78. The number of carbonyl (C=O) groups is 1. The Labute approximate surface area is 168 Å². The molecule has 6 nitrogen and oxygen atoms in total. The number of carbonyl (C=O) groups excluding carboxylic acids is 1. The van der Waals surface area contributed by atoms with Crippen molar-refractivity contribution in [2.75, 3.05) is 24.2 Å². The summed E-state index contributed by atoms with van der Waals surface area (Å²) in [5.74, 6) is -0.385. The van der Waals surface area contributed by atoms with E-state index in [4.69, 9.17) is 4.42 Å². The fourth-order valence-electron chi connectivity index (χ4n) is 3.80. The number of nitrogens with zero attached hydrogens (tertiary/aromatic N) is 1. The maximum Gasteiger partial charge on any atom is 0.255 e. The molecule has 29 heavy (non-hydrogen) atoms. The van der Waals surface area contributed by atoms with Crippen LogP contribution in [0, 0.1) is 5.82 Å². The quantitative estimate of drug-likeness (QED) is 0.706. The average molecular weight is 416 g/mol. The monoisotopic (exact) mass is 416 g/mol. The van der Waals surface area contributed by atoms with Crippen molar-refractivity contribution < 1.29 is 22.0 Å². The number of furan rings is 1. The van der Waals surface area contributed by atoms with Crippen LogP contribution < -0.4 is 9.62 Å². The van der Waals surface area contributed by atoms with Gasteiger partial charge in [-0.15, -0.1) is 0 Å². The number of halogens is 1. The second-order valence-corrected chi connectivity index (χ2v) is 9.07. The number of amides is 1. The van der Waals surface area contributed by atoms with Crippen LogP contribution in [0.15, 0.2) is 40.8 Å². The molecule has 0 spiro atoms. The largest absolute Gasteiger partial charge is 0.455 e. The van der Waals surface area contributed by atoms with Crippen molar-refractivity contribution in [3.05, 3.63) is 53.3 Å². The maximum atomic E-state index is 13.4. The lowest BCUT2D eigenvalue weighted by atomic mass is 10.0. The molecule has 4 rings (SSSR count). The third-order valence-corrected chi connectivity index (χ3v) is 6.36. The first-order chi connectivity index (χ1) is 13.8. The number of fused-ring (bicyclic) bond motifs is 2. The van der Waals surface area contributed by atoms with Gasteiger partial charge >= 0.3 is 0 Å². The topological polar surface area (TPSA) is 79.6 Å². The lowest BCUT2D eigenvalue weighted by molar-refractivity contribution is 0.0964. The smallest absolute Gasteiger partial charge is 0.255 e. The third-order valence-electron chi connectivity index (χ3n) is 5.18. The van der Waals surface area contributed by atoms with E-state index in [1.54, 1.807) is 18.2 Å². The molecule has 0 saturated carbocycles. The fraction of sp³-hybridized carbons (Fsp3) is 0.286. The zero-order valence-corrected chi connectivity index (χ0v) is 17.0. The van der Waals surface area contributed by atoms with Gasteiger partial charge in [0.25, 0.3) is 5.91 Å². The molecular formula is C21H21FN2O4S. The number of sulfonamides is 1. The second-order valence-electron chi connectivity index (χ2n) is 7.16. The van der Waals surface area contributed by atoms with Crippen LogP contribution in [0.25, 0.3) is 22.3 Å². The number of hydrogen-bond acceptors (Lipinski definition) is 4. The summed E-state index contributed by atoms with van der Waals surface area (Å²) < 4.78 is 45.4. The van der Waals surface area contributed by atoms with Gasteiger partial charge in [-0.2, -0.15) is 0 Å². The van der Waals surface area contributed by atoms with Crippen molar-refractivity contribution in [2.24, 2.45) is 0 Å². The molecule has 0 fully saturated rings. The summed E-state index contributed by atoms with van der Waals surface area (Å²) in [4.78, 5) is 12.7. The normalized spacial score (nSPS) is 14.5. The van der Waals surface area contributed by atoms with Crippen molar-refractivity contribution in [1.29, 1.82) is 0 Å². The van der Waals surface area contributed by atoms with E-state index in [0.717, 1.165) is 18.4 Å². The first-order valence-corrected chi connectivity index (χ1v) is 11.2. The predicted octanol–water partition coefficient (Wildman–Crippen LogP) is 3.70. The summed E-state index contributed by atoms with van der Waals surface area (Å²) in [6, 6.07) is 9.24. The van der Waals surface area contributed by atoms with Crippen LogP contribution in [0.3, 0.4) is 0 Å². The van der Waals surface area contributed by atoms with Gasteiger partial charge in [0.05, 0.1) is 17.5 Å². The van der Waals surface area contributed by atoms with E-state index in [2.05, 4.69) is 5.32 Å². The minimum Gasteiger partial charge on any atom is -0.455 e. The molecule has 1 aliphatic rings. The Hall–Kier alpha value is -2.87. The van der Waals surface area contributed by atoms with Gasteiger partial charge in [-0.3, -0.25) is 9.10 Å². The van der Waals surface area contributed by atoms with Crippen LogP contribution in [0.5, 0.6) is 0 Å². The van der Waals surface area contributed by atoms with E-state index in [-0.39, 0.29) is 11.7 Å². The Morgan fingerprint density at radius 2 is 1.90 bits per heavy atom. The molecule has 152 valence electrons. The van der Waals surface area contributed by atoms with E-state index in [9.17, 15) is 17.6 Å². The highest BCUT2D eigenvalue weighted by Gasteiger charge is 2.27. The molecule has 0 radical (unpaired) electrons. The minimum absolute atomic E-state index is 0.323. The zero-order chi connectivity index (χ0) is 20.8. The summed E-state index contributed by atoms with van der Waals surface area (Å²) in [6.07, 6.45) is 3.50. The Bertz CT molecular complexity index is 1200. The maximum absolute atomic E-state index is 13.4. The highest BCUT2D eigenvalue weighted by Crippen LogP contribution is 2.39. The number of rotatable bonds is 3. The van der Waals surface area contributed by atoms with Crippen LogP contribution in [0.2, 0.25) is 0 Å². The number of aryl methyl sites for hydroxylation is 1. The van der Waals surface area contributed by atoms with Gasteiger partial charge < -0.3 is 9.73 Å². The van der Waals surface area contributed by atoms with E-state index in [0.29, 0.717) is 46.5 Å². The lowest BCUT2D eigenvalue weighted by Gasteiger charge is -2.22. The van der Waals surface area contributed by atoms with Gasteiger partial charge in [-0.1, -0.05) is 0 Å². The Morgan fingerprint density at radius 3 is 2.55 bits per heavy atom. The molecular weight excluding hydrogens is 395 g/mol. The van der Waals surface area contributed by atoms with E-state index in [1.807, 2.05) is 6.07 Å². The highest BCUT2D eigenvalue weighted by atomic mass is 32.2. The van der Waals surface area contributed by atoms with Crippen LogP contribution in [0.4, 0.5) is 10.1 Å². The van der Waals surface area contributed by atoms with Crippen LogP contribution in [0.1, 0.15) is 28.8 Å². The van der Waals surface area contributed by atoms with Crippen molar-refractivity contribution in [3.8, 4) is 11.3 Å². The average Bonchev–Trinajstić information content (AvgIpc) is 2.90. The second kappa shape index (κ2) is 7.18. The molecule has 1 aliphatic heterocycles. The number of anilines is 1. The Kier molecular flexibility index (Phi) is 4.82. The molecule has 2 aromatic carbocycles. The summed E-state index contributed by atoms with van der Waals surface area (Å²) in [6.45, 7) is 0.408. The van der Waals surface area contributed by atoms with Crippen molar-refractivity contribution in [1.82, 2.24) is 5.32 Å². The summed E-state index contributed by atoms with van der Waals surface area (Å²) in [7, 11) is -1.91.